The molecule has 0 saturated heterocycles. The number of rotatable bonds is 4. The second-order valence-corrected chi connectivity index (χ2v) is 6.44. The molecule has 0 aliphatic carbocycles. The van der Waals surface area contributed by atoms with E-state index in [0.29, 0.717) is 16.8 Å². The summed E-state index contributed by atoms with van der Waals surface area (Å²) in [6.07, 6.45) is 1.44. The van der Waals surface area contributed by atoms with Gasteiger partial charge in [-0.05, 0) is 36.1 Å². The Kier molecular flexibility index (Phi) is 4.65. The number of benzene rings is 2. The van der Waals surface area contributed by atoms with Gasteiger partial charge in [-0.15, -0.1) is 0 Å². The summed E-state index contributed by atoms with van der Waals surface area (Å²) in [5, 5.41) is 3.43. The van der Waals surface area contributed by atoms with Gasteiger partial charge in [-0.3, -0.25) is 14.2 Å². The Bertz CT molecular complexity index is 990. The molecule has 0 saturated carbocycles. The van der Waals surface area contributed by atoms with Gasteiger partial charge in [0.2, 0.25) is 5.91 Å². The van der Waals surface area contributed by atoms with Crippen molar-refractivity contribution < 1.29 is 4.79 Å². The van der Waals surface area contributed by atoms with E-state index in [9.17, 15) is 9.59 Å². The van der Waals surface area contributed by atoms with Crippen LogP contribution >= 0.6 is 0 Å². The van der Waals surface area contributed by atoms with E-state index in [1.54, 1.807) is 6.07 Å². The summed E-state index contributed by atoms with van der Waals surface area (Å²) in [5.41, 5.74) is 3.25. The third-order valence-corrected chi connectivity index (χ3v) is 4.23. The molecule has 0 unspecified atom stereocenters. The van der Waals surface area contributed by atoms with Gasteiger partial charge < -0.3 is 5.32 Å². The number of para-hydroxylation sites is 2. The van der Waals surface area contributed by atoms with E-state index in [1.807, 2.05) is 43.3 Å². The minimum atomic E-state index is -0.246. The highest BCUT2D eigenvalue weighted by molar-refractivity contribution is 5.91. The van der Waals surface area contributed by atoms with E-state index < -0.39 is 0 Å². The fourth-order valence-corrected chi connectivity index (χ4v) is 2.91. The van der Waals surface area contributed by atoms with Crippen molar-refractivity contribution in [1.29, 1.82) is 0 Å². The second-order valence-electron chi connectivity index (χ2n) is 6.44. The number of aromatic nitrogens is 2. The third kappa shape index (κ3) is 3.45. The predicted octanol–water partition coefficient (Wildman–Crippen LogP) is 3.47. The Morgan fingerprint density at radius 3 is 2.68 bits per heavy atom. The Labute approximate surface area is 146 Å². The first-order valence-electron chi connectivity index (χ1n) is 8.31. The number of hydrogen-bond acceptors (Lipinski definition) is 3. The Morgan fingerprint density at radius 1 is 1.16 bits per heavy atom. The van der Waals surface area contributed by atoms with Crippen LogP contribution in [-0.2, 0) is 11.3 Å². The zero-order valence-electron chi connectivity index (χ0n) is 14.6. The fraction of sp³-hybridized carbons (Fsp3) is 0.250. The van der Waals surface area contributed by atoms with Gasteiger partial charge in [0.25, 0.3) is 5.56 Å². The second kappa shape index (κ2) is 6.89. The minimum absolute atomic E-state index is 0.0673. The van der Waals surface area contributed by atoms with E-state index >= 15 is 0 Å². The van der Waals surface area contributed by atoms with E-state index in [0.717, 1.165) is 16.8 Å². The molecule has 1 aromatic heterocycles. The number of anilines is 1. The van der Waals surface area contributed by atoms with Gasteiger partial charge in [-0.1, -0.05) is 44.2 Å². The molecule has 5 nitrogen and oxygen atoms in total. The number of hydrogen-bond donors (Lipinski definition) is 1. The van der Waals surface area contributed by atoms with Crippen LogP contribution in [0, 0.1) is 6.92 Å². The van der Waals surface area contributed by atoms with E-state index in [-0.39, 0.29) is 18.0 Å². The average molecular weight is 335 g/mol. The first-order chi connectivity index (χ1) is 12.0. The van der Waals surface area contributed by atoms with Crippen molar-refractivity contribution in [3.8, 4) is 0 Å². The maximum absolute atomic E-state index is 12.6. The molecule has 3 aromatic rings. The van der Waals surface area contributed by atoms with Crippen molar-refractivity contribution in [3.63, 3.8) is 0 Å². The normalized spacial score (nSPS) is 11.0. The maximum Gasteiger partial charge on any atom is 0.261 e. The molecule has 0 bridgehead atoms. The summed E-state index contributed by atoms with van der Waals surface area (Å²) in [7, 11) is 0. The monoisotopic (exact) mass is 335 g/mol. The van der Waals surface area contributed by atoms with Crippen molar-refractivity contribution >= 4 is 22.5 Å². The Hall–Kier alpha value is -2.95. The highest BCUT2D eigenvalue weighted by Gasteiger charge is 2.12. The number of carbonyl (C=O) groups is 1. The summed E-state index contributed by atoms with van der Waals surface area (Å²) in [6.45, 7) is 5.99. The molecule has 1 amide bonds. The lowest BCUT2D eigenvalue weighted by Crippen LogP contribution is -2.28. The van der Waals surface area contributed by atoms with Gasteiger partial charge >= 0.3 is 0 Å². The molecule has 1 heterocycles. The van der Waals surface area contributed by atoms with Gasteiger partial charge in [0.15, 0.2) is 0 Å². The van der Waals surface area contributed by atoms with Crippen LogP contribution in [0.3, 0.4) is 0 Å². The molecule has 128 valence electrons. The quantitative estimate of drug-likeness (QED) is 0.794. The van der Waals surface area contributed by atoms with Gasteiger partial charge in [-0.25, -0.2) is 4.98 Å². The standard InChI is InChI=1S/C20H21N3O2/c1-13(2)15-8-4-5-10-17(15)22-18(24)11-23-12-21-19-14(3)7-6-9-16(19)20(23)25/h4-10,12-13H,11H2,1-3H3,(H,22,24). The molecule has 0 aliphatic rings. The van der Waals surface area contributed by atoms with Crippen molar-refractivity contribution in [3.05, 3.63) is 70.3 Å². The molecule has 0 fully saturated rings. The number of carbonyl (C=O) groups excluding carboxylic acids is 1. The highest BCUT2D eigenvalue weighted by atomic mass is 16.2. The number of nitrogens with zero attached hydrogens (tertiary/aromatic N) is 2. The van der Waals surface area contributed by atoms with Gasteiger partial charge in [0.1, 0.15) is 6.54 Å². The van der Waals surface area contributed by atoms with Crippen LogP contribution in [0.2, 0.25) is 0 Å². The lowest BCUT2D eigenvalue weighted by Gasteiger charge is -2.14. The van der Waals surface area contributed by atoms with Crippen molar-refractivity contribution in [2.24, 2.45) is 0 Å². The van der Waals surface area contributed by atoms with E-state index in [1.165, 1.54) is 10.9 Å². The molecule has 0 spiro atoms. The summed E-state index contributed by atoms with van der Waals surface area (Å²) < 4.78 is 1.34. The topological polar surface area (TPSA) is 64.0 Å². The van der Waals surface area contributed by atoms with Crippen LogP contribution in [0.15, 0.2) is 53.6 Å². The van der Waals surface area contributed by atoms with Crippen LogP contribution in [0.25, 0.3) is 10.9 Å². The van der Waals surface area contributed by atoms with E-state index in [2.05, 4.69) is 24.1 Å². The summed E-state index contributed by atoms with van der Waals surface area (Å²) in [5.74, 6) is 0.0496. The van der Waals surface area contributed by atoms with Crippen LogP contribution in [-0.4, -0.2) is 15.5 Å². The lowest BCUT2D eigenvalue weighted by atomic mass is 10.0. The number of nitrogens with one attached hydrogen (secondary N) is 1. The molecule has 0 aliphatic heterocycles. The summed E-state index contributed by atoms with van der Waals surface area (Å²) >= 11 is 0. The first kappa shape index (κ1) is 16.9. The first-order valence-corrected chi connectivity index (χ1v) is 8.31. The van der Waals surface area contributed by atoms with Gasteiger partial charge in [-0.2, -0.15) is 0 Å². The van der Waals surface area contributed by atoms with Crippen LogP contribution in [0.5, 0.6) is 0 Å². The third-order valence-electron chi connectivity index (χ3n) is 4.23. The Morgan fingerprint density at radius 2 is 1.92 bits per heavy atom. The number of aryl methyl sites for hydroxylation is 1. The average Bonchev–Trinajstić information content (AvgIpc) is 2.58. The molecule has 25 heavy (non-hydrogen) atoms. The lowest BCUT2D eigenvalue weighted by molar-refractivity contribution is -0.116. The number of amides is 1. The molecule has 5 heteroatoms. The number of fused-ring (bicyclic) bond motifs is 1. The van der Waals surface area contributed by atoms with Crippen LogP contribution < -0.4 is 10.9 Å². The molecule has 0 radical (unpaired) electrons. The molecule has 2 aromatic carbocycles. The van der Waals surface area contributed by atoms with Crippen LogP contribution in [0.4, 0.5) is 5.69 Å². The Balaban J connectivity index is 1.86. The van der Waals surface area contributed by atoms with Crippen molar-refractivity contribution in [1.82, 2.24) is 9.55 Å². The van der Waals surface area contributed by atoms with E-state index in [4.69, 9.17) is 0 Å². The summed E-state index contributed by atoms with van der Waals surface area (Å²) in [4.78, 5) is 29.3. The summed E-state index contributed by atoms with van der Waals surface area (Å²) in [6, 6.07) is 13.2. The van der Waals surface area contributed by atoms with Crippen LogP contribution in [0.1, 0.15) is 30.9 Å². The van der Waals surface area contributed by atoms with Crippen molar-refractivity contribution in [2.45, 2.75) is 33.2 Å². The molecule has 3 rings (SSSR count). The fourth-order valence-electron chi connectivity index (χ4n) is 2.91. The molecule has 1 N–H and O–H groups in total. The smallest absolute Gasteiger partial charge is 0.261 e. The van der Waals surface area contributed by atoms with Gasteiger partial charge in [0.05, 0.1) is 17.2 Å². The molecular weight excluding hydrogens is 314 g/mol. The predicted molar refractivity (Wildman–Crippen MR) is 99.9 cm³/mol. The minimum Gasteiger partial charge on any atom is -0.324 e. The highest BCUT2D eigenvalue weighted by Crippen LogP contribution is 2.23. The molecule has 0 atom stereocenters. The van der Waals surface area contributed by atoms with Crippen molar-refractivity contribution in [2.75, 3.05) is 5.32 Å². The zero-order chi connectivity index (χ0) is 18.0. The SMILES string of the molecule is Cc1cccc2c(=O)n(CC(=O)Nc3ccccc3C(C)C)cnc12. The zero-order valence-corrected chi connectivity index (χ0v) is 14.6. The van der Waals surface area contributed by atoms with Gasteiger partial charge in [0, 0.05) is 5.69 Å². The molecular formula is C20H21N3O2. The largest absolute Gasteiger partial charge is 0.324 e. The maximum atomic E-state index is 12.6.